The Bertz CT molecular complexity index is 1040. The summed E-state index contributed by atoms with van der Waals surface area (Å²) in [5, 5.41) is 12.9. The van der Waals surface area contributed by atoms with Crippen LogP contribution in [0.5, 0.6) is 0 Å². The maximum absolute atomic E-state index is 12.4. The van der Waals surface area contributed by atoms with Crippen LogP contribution in [0.1, 0.15) is 24.2 Å². The number of aromatic nitrogens is 4. The Morgan fingerprint density at radius 1 is 1.04 bits per heavy atom. The Balaban J connectivity index is 1.47. The number of anilines is 1. The average Bonchev–Trinajstić information content (AvgIpc) is 3.32. The molecular formula is C18H22N6O2S. The molecule has 1 fully saturated rings. The van der Waals surface area contributed by atoms with Gasteiger partial charge in [-0.3, -0.25) is 0 Å². The van der Waals surface area contributed by atoms with Crippen LogP contribution in [0.4, 0.5) is 5.82 Å². The zero-order valence-corrected chi connectivity index (χ0v) is 16.0. The van der Waals surface area contributed by atoms with Gasteiger partial charge in [0, 0.05) is 26.1 Å². The van der Waals surface area contributed by atoms with Crippen molar-refractivity contribution in [1.29, 1.82) is 0 Å². The van der Waals surface area contributed by atoms with E-state index < -0.39 is 10.0 Å². The lowest BCUT2D eigenvalue weighted by Crippen LogP contribution is -2.26. The molecule has 1 N–H and O–H groups in total. The largest absolute Gasteiger partial charge is 0.355 e. The number of rotatable bonds is 6. The van der Waals surface area contributed by atoms with Crippen molar-refractivity contribution >= 4 is 21.5 Å². The van der Waals surface area contributed by atoms with Crippen molar-refractivity contribution in [2.45, 2.75) is 31.1 Å². The molecule has 0 amide bonds. The first-order chi connectivity index (χ1) is 13.0. The second kappa shape index (κ2) is 7.24. The number of sulfonamides is 1. The highest BCUT2D eigenvalue weighted by Gasteiger charge is 2.17. The highest BCUT2D eigenvalue weighted by Crippen LogP contribution is 2.18. The van der Waals surface area contributed by atoms with Crippen LogP contribution >= 0.6 is 0 Å². The van der Waals surface area contributed by atoms with E-state index >= 15 is 0 Å². The minimum atomic E-state index is -3.54. The van der Waals surface area contributed by atoms with Crippen LogP contribution in [-0.4, -0.2) is 47.9 Å². The summed E-state index contributed by atoms with van der Waals surface area (Å²) in [6, 6.07) is 10.6. The fraction of sp³-hybridized carbons (Fsp3) is 0.389. The quantitative estimate of drug-likeness (QED) is 0.691. The maximum Gasteiger partial charge on any atom is 0.240 e. The second-order valence-electron chi connectivity index (χ2n) is 6.73. The summed E-state index contributed by atoms with van der Waals surface area (Å²) in [6.45, 7) is 4.16. The lowest BCUT2D eigenvalue weighted by atomic mass is 10.2. The van der Waals surface area contributed by atoms with Crippen LogP contribution in [0.2, 0.25) is 0 Å². The summed E-state index contributed by atoms with van der Waals surface area (Å²) in [7, 11) is -3.54. The van der Waals surface area contributed by atoms with E-state index in [1.54, 1.807) is 28.8 Å². The number of nitrogens with zero attached hydrogens (tertiary/aromatic N) is 5. The van der Waals surface area contributed by atoms with E-state index in [1.807, 2.05) is 19.1 Å². The third kappa shape index (κ3) is 3.79. The third-order valence-corrected chi connectivity index (χ3v) is 6.19. The Hall–Kier alpha value is -2.52. The molecule has 1 aliphatic rings. The van der Waals surface area contributed by atoms with Crippen molar-refractivity contribution in [1.82, 2.24) is 24.5 Å². The molecule has 0 atom stereocenters. The SMILES string of the molecule is Cc1ccc(S(=O)(=O)NCCc2nnc3ccc(N4CCCC4)nn23)cc1. The van der Waals surface area contributed by atoms with E-state index in [2.05, 4.69) is 24.9 Å². The van der Waals surface area contributed by atoms with Gasteiger partial charge in [-0.05, 0) is 44.0 Å². The average molecular weight is 386 g/mol. The number of hydrogen-bond donors (Lipinski definition) is 1. The Morgan fingerprint density at radius 3 is 2.52 bits per heavy atom. The van der Waals surface area contributed by atoms with E-state index in [0.717, 1.165) is 24.5 Å². The minimum absolute atomic E-state index is 0.229. The molecule has 1 aliphatic heterocycles. The van der Waals surface area contributed by atoms with E-state index in [-0.39, 0.29) is 11.4 Å². The monoisotopic (exact) mass is 386 g/mol. The van der Waals surface area contributed by atoms with Gasteiger partial charge in [0.1, 0.15) is 5.82 Å². The molecule has 9 heteroatoms. The third-order valence-electron chi connectivity index (χ3n) is 4.72. The predicted octanol–water partition coefficient (Wildman–Crippen LogP) is 1.55. The van der Waals surface area contributed by atoms with Gasteiger partial charge in [0.15, 0.2) is 11.5 Å². The van der Waals surface area contributed by atoms with Gasteiger partial charge in [-0.1, -0.05) is 17.7 Å². The van der Waals surface area contributed by atoms with Crippen LogP contribution in [0.15, 0.2) is 41.3 Å². The Morgan fingerprint density at radius 2 is 1.78 bits per heavy atom. The molecule has 1 aromatic carbocycles. The zero-order chi connectivity index (χ0) is 18.9. The molecular weight excluding hydrogens is 364 g/mol. The topological polar surface area (TPSA) is 92.5 Å². The van der Waals surface area contributed by atoms with Crippen molar-refractivity contribution in [2.24, 2.45) is 0 Å². The van der Waals surface area contributed by atoms with Crippen LogP contribution in [-0.2, 0) is 16.4 Å². The lowest BCUT2D eigenvalue weighted by Gasteiger charge is -2.15. The second-order valence-corrected chi connectivity index (χ2v) is 8.50. The van der Waals surface area contributed by atoms with Gasteiger partial charge in [0.2, 0.25) is 10.0 Å². The molecule has 4 rings (SSSR count). The molecule has 3 heterocycles. The van der Waals surface area contributed by atoms with Crippen LogP contribution in [0, 0.1) is 6.92 Å². The molecule has 0 saturated carbocycles. The first-order valence-corrected chi connectivity index (χ1v) is 10.5. The molecule has 1 saturated heterocycles. The van der Waals surface area contributed by atoms with Gasteiger partial charge < -0.3 is 4.90 Å². The summed E-state index contributed by atoms with van der Waals surface area (Å²) in [5.41, 5.74) is 1.68. The fourth-order valence-corrected chi connectivity index (χ4v) is 4.22. The van der Waals surface area contributed by atoms with Crippen LogP contribution in [0.3, 0.4) is 0 Å². The summed E-state index contributed by atoms with van der Waals surface area (Å²) in [5.74, 6) is 1.54. The molecule has 0 aliphatic carbocycles. The molecule has 27 heavy (non-hydrogen) atoms. The van der Waals surface area contributed by atoms with Gasteiger partial charge in [-0.25, -0.2) is 13.1 Å². The molecule has 0 unspecified atom stereocenters. The molecule has 3 aromatic rings. The molecule has 142 valence electrons. The van der Waals surface area contributed by atoms with Crippen molar-refractivity contribution in [3.05, 3.63) is 47.8 Å². The van der Waals surface area contributed by atoms with Gasteiger partial charge >= 0.3 is 0 Å². The van der Waals surface area contributed by atoms with Gasteiger partial charge in [-0.15, -0.1) is 15.3 Å². The van der Waals surface area contributed by atoms with Gasteiger partial charge in [0.25, 0.3) is 0 Å². The predicted molar refractivity (Wildman–Crippen MR) is 102 cm³/mol. The van der Waals surface area contributed by atoms with E-state index in [0.29, 0.717) is 17.9 Å². The van der Waals surface area contributed by atoms with E-state index in [4.69, 9.17) is 0 Å². The molecule has 0 spiro atoms. The summed E-state index contributed by atoms with van der Waals surface area (Å²) >= 11 is 0. The van der Waals surface area contributed by atoms with E-state index in [1.165, 1.54) is 12.8 Å². The molecule has 0 bridgehead atoms. The van der Waals surface area contributed by atoms with Crippen molar-refractivity contribution in [2.75, 3.05) is 24.5 Å². The Labute approximate surface area is 158 Å². The van der Waals surface area contributed by atoms with E-state index in [9.17, 15) is 8.42 Å². The van der Waals surface area contributed by atoms with Crippen LogP contribution < -0.4 is 9.62 Å². The summed E-state index contributed by atoms with van der Waals surface area (Å²) in [4.78, 5) is 2.50. The lowest BCUT2D eigenvalue weighted by molar-refractivity contribution is 0.580. The Kier molecular flexibility index (Phi) is 4.79. The minimum Gasteiger partial charge on any atom is -0.355 e. The highest BCUT2D eigenvalue weighted by atomic mass is 32.2. The first kappa shape index (κ1) is 17.9. The molecule has 2 aromatic heterocycles. The summed E-state index contributed by atoms with van der Waals surface area (Å²) < 4.78 is 29.1. The van der Waals surface area contributed by atoms with Crippen molar-refractivity contribution < 1.29 is 8.42 Å². The zero-order valence-electron chi connectivity index (χ0n) is 15.2. The normalized spacial score (nSPS) is 14.9. The van der Waals surface area contributed by atoms with Crippen LogP contribution in [0.25, 0.3) is 5.65 Å². The van der Waals surface area contributed by atoms with Crippen molar-refractivity contribution in [3.8, 4) is 0 Å². The number of nitrogens with one attached hydrogen (secondary N) is 1. The number of fused-ring (bicyclic) bond motifs is 1. The van der Waals surface area contributed by atoms with Gasteiger partial charge in [0.05, 0.1) is 4.90 Å². The standard InChI is InChI=1S/C18H22N6O2S/c1-14-4-6-15(7-5-14)27(25,26)19-11-10-17-21-20-16-8-9-18(22-24(16)17)23-12-2-3-13-23/h4-9,19H,2-3,10-13H2,1H3. The summed E-state index contributed by atoms with van der Waals surface area (Å²) in [6.07, 6.45) is 2.76. The number of hydrogen-bond acceptors (Lipinski definition) is 6. The van der Waals surface area contributed by atoms with Gasteiger partial charge in [-0.2, -0.15) is 4.52 Å². The molecule has 8 nitrogen and oxygen atoms in total. The fourth-order valence-electron chi connectivity index (χ4n) is 3.19. The smallest absolute Gasteiger partial charge is 0.240 e. The maximum atomic E-state index is 12.4. The first-order valence-electron chi connectivity index (χ1n) is 9.05. The molecule has 0 radical (unpaired) electrons. The van der Waals surface area contributed by atoms with Crippen molar-refractivity contribution in [3.63, 3.8) is 0 Å². The highest BCUT2D eigenvalue weighted by molar-refractivity contribution is 7.89. The number of aryl methyl sites for hydroxylation is 1. The number of benzene rings is 1.